The standard InChI is InChI=1S/C15H15N3O3/c1-10-12(18-15(21-10)13-3-2-7-19-13)6-8-20-14-5-4-11(16)9-17-14/h2-5,7,9H,6,8,16H2,1H3. The number of ether oxygens (including phenoxy) is 1. The Hall–Kier alpha value is -2.76. The number of nitrogens with zero attached hydrogens (tertiary/aromatic N) is 2. The Labute approximate surface area is 121 Å². The Bertz CT molecular complexity index is 702. The van der Waals surface area contributed by atoms with Gasteiger partial charge in [-0.1, -0.05) is 0 Å². The molecule has 6 nitrogen and oxygen atoms in total. The van der Waals surface area contributed by atoms with E-state index in [2.05, 4.69) is 9.97 Å². The van der Waals surface area contributed by atoms with Gasteiger partial charge in [0, 0.05) is 12.5 Å². The summed E-state index contributed by atoms with van der Waals surface area (Å²) in [6.07, 6.45) is 3.78. The molecule has 0 aliphatic carbocycles. The fourth-order valence-corrected chi connectivity index (χ4v) is 1.90. The molecule has 0 saturated heterocycles. The van der Waals surface area contributed by atoms with Crippen LogP contribution in [0.4, 0.5) is 5.69 Å². The van der Waals surface area contributed by atoms with Crippen LogP contribution in [0.15, 0.2) is 45.6 Å². The summed E-state index contributed by atoms with van der Waals surface area (Å²) in [5.74, 6) is 2.40. The van der Waals surface area contributed by atoms with E-state index in [9.17, 15) is 0 Å². The van der Waals surface area contributed by atoms with Crippen molar-refractivity contribution in [1.29, 1.82) is 0 Å². The minimum atomic E-state index is 0.460. The van der Waals surface area contributed by atoms with E-state index in [4.69, 9.17) is 19.3 Å². The number of anilines is 1. The van der Waals surface area contributed by atoms with Crippen LogP contribution in [-0.2, 0) is 6.42 Å². The van der Waals surface area contributed by atoms with Crippen molar-refractivity contribution in [3.63, 3.8) is 0 Å². The van der Waals surface area contributed by atoms with Crippen LogP contribution in [0.2, 0.25) is 0 Å². The van der Waals surface area contributed by atoms with Gasteiger partial charge in [0.2, 0.25) is 5.88 Å². The number of nitrogens with two attached hydrogens (primary N) is 1. The third-order valence-electron chi connectivity index (χ3n) is 2.97. The summed E-state index contributed by atoms with van der Waals surface area (Å²) in [5, 5.41) is 0. The van der Waals surface area contributed by atoms with Crippen molar-refractivity contribution in [2.45, 2.75) is 13.3 Å². The number of aromatic nitrogens is 2. The maximum absolute atomic E-state index is 5.58. The third-order valence-corrected chi connectivity index (χ3v) is 2.97. The van der Waals surface area contributed by atoms with Gasteiger partial charge in [0.05, 0.1) is 30.4 Å². The highest BCUT2D eigenvalue weighted by atomic mass is 16.5. The van der Waals surface area contributed by atoms with E-state index in [0.717, 1.165) is 11.5 Å². The molecule has 3 rings (SSSR count). The Morgan fingerprint density at radius 1 is 1.29 bits per heavy atom. The van der Waals surface area contributed by atoms with Gasteiger partial charge in [0.25, 0.3) is 5.89 Å². The van der Waals surface area contributed by atoms with E-state index in [-0.39, 0.29) is 0 Å². The molecule has 0 aliphatic rings. The number of hydrogen-bond donors (Lipinski definition) is 1. The molecule has 0 radical (unpaired) electrons. The maximum Gasteiger partial charge on any atom is 0.263 e. The molecular formula is C15H15N3O3. The molecular weight excluding hydrogens is 270 g/mol. The molecule has 3 aromatic heterocycles. The van der Waals surface area contributed by atoms with Gasteiger partial charge in [0.1, 0.15) is 5.76 Å². The predicted molar refractivity (Wildman–Crippen MR) is 76.8 cm³/mol. The van der Waals surface area contributed by atoms with E-state index in [1.54, 1.807) is 30.7 Å². The molecule has 3 aromatic rings. The first kappa shape index (κ1) is 13.2. The van der Waals surface area contributed by atoms with Gasteiger partial charge < -0.3 is 19.3 Å². The molecule has 2 N–H and O–H groups in total. The molecule has 0 spiro atoms. The molecule has 0 unspecified atom stereocenters. The normalized spacial score (nSPS) is 10.7. The average molecular weight is 285 g/mol. The Morgan fingerprint density at radius 2 is 2.19 bits per heavy atom. The molecule has 6 heteroatoms. The van der Waals surface area contributed by atoms with Crippen molar-refractivity contribution in [2.24, 2.45) is 0 Å². The zero-order valence-electron chi connectivity index (χ0n) is 11.6. The summed E-state index contributed by atoms with van der Waals surface area (Å²) in [7, 11) is 0. The number of hydrogen-bond acceptors (Lipinski definition) is 6. The van der Waals surface area contributed by atoms with Gasteiger partial charge in [-0.3, -0.25) is 0 Å². The zero-order chi connectivity index (χ0) is 14.7. The molecule has 21 heavy (non-hydrogen) atoms. The second-order valence-corrected chi connectivity index (χ2v) is 4.53. The van der Waals surface area contributed by atoms with Crippen LogP contribution in [0, 0.1) is 6.92 Å². The van der Waals surface area contributed by atoms with Gasteiger partial charge >= 0.3 is 0 Å². The highest BCUT2D eigenvalue weighted by Crippen LogP contribution is 2.22. The second kappa shape index (κ2) is 5.70. The second-order valence-electron chi connectivity index (χ2n) is 4.53. The van der Waals surface area contributed by atoms with Gasteiger partial charge in [-0.05, 0) is 25.1 Å². The van der Waals surface area contributed by atoms with Crippen LogP contribution >= 0.6 is 0 Å². The van der Waals surface area contributed by atoms with E-state index < -0.39 is 0 Å². The zero-order valence-corrected chi connectivity index (χ0v) is 11.6. The topological polar surface area (TPSA) is 87.3 Å². The summed E-state index contributed by atoms with van der Waals surface area (Å²) in [6, 6.07) is 7.09. The summed E-state index contributed by atoms with van der Waals surface area (Å²) < 4.78 is 16.4. The molecule has 0 bridgehead atoms. The van der Waals surface area contributed by atoms with Crippen molar-refractivity contribution < 1.29 is 13.6 Å². The largest absolute Gasteiger partial charge is 0.477 e. The van der Waals surface area contributed by atoms with Crippen LogP contribution in [0.25, 0.3) is 11.7 Å². The number of rotatable bonds is 5. The number of aryl methyl sites for hydroxylation is 1. The van der Waals surface area contributed by atoms with E-state index in [0.29, 0.717) is 36.2 Å². The monoisotopic (exact) mass is 285 g/mol. The molecule has 0 atom stereocenters. The molecule has 0 saturated carbocycles. The lowest BCUT2D eigenvalue weighted by Crippen LogP contribution is -2.04. The van der Waals surface area contributed by atoms with Crippen LogP contribution < -0.4 is 10.5 Å². The van der Waals surface area contributed by atoms with Crippen LogP contribution in [0.5, 0.6) is 5.88 Å². The van der Waals surface area contributed by atoms with Gasteiger partial charge in [-0.2, -0.15) is 0 Å². The fourth-order valence-electron chi connectivity index (χ4n) is 1.90. The summed E-state index contributed by atoms with van der Waals surface area (Å²) in [5.41, 5.74) is 7.02. The number of nitrogen functional groups attached to an aromatic ring is 1. The Balaban J connectivity index is 1.62. The summed E-state index contributed by atoms with van der Waals surface area (Å²) in [6.45, 7) is 2.33. The first-order valence-electron chi connectivity index (χ1n) is 6.57. The first-order valence-corrected chi connectivity index (χ1v) is 6.57. The van der Waals surface area contributed by atoms with E-state index >= 15 is 0 Å². The average Bonchev–Trinajstić information content (AvgIpc) is 3.11. The SMILES string of the molecule is Cc1oc(-c2ccco2)nc1CCOc1ccc(N)cn1. The fraction of sp³-hybridized carbons (Fsp3) is 0.200. The van der Waals surface area contributed by atoms with E-state index in [1.165, 1.54) is 0 Å². The lowest BCUT2D eigenvalue weighted by molar-refractivity contribution is 0.308. The Kier molecular flexibility index (Phi) is 3.59. The molecule has 0 aliphatic heterocycles. The molecule has 3 heterocycles. The van der Waals surface area contributed by atoms with Crippen LogP contribution in [0.3, 0.4) is 0 Å². The lowest BCUT2D eigenvalue weighted by atomic mass is 10.3. The van der Waals surface area contributed by atoms with Crippen LogP contribution in [0.1, 0.15) is 11.5 Å². The molecule has 0 aromatic carbocycles. The van der Waals surface area contributed by atoms with Crippen molar-refractivity contribution in [3.05, 3.63) is 48.2 Å². The predicted octanol–water partition coefficient (Wildman–Crippen LogP) is 2.84. The van der Waals surface area contributed by atoms with Crippen LogP contribution in [-0.4, -0.2) is 16.6 Å². The van der Waals surface area contributed by atoms with Gasteiger partial charge in [-0.15, -0.1) is 0 Å². The number of oxazole rings is 1. The number of furan rings is 1. The van der Waals surface area contributed by atoms with Crippen molar-refractivity contribution in [3.8, 4) is 17.5 Å². The summed E-state index contributed by atoms with van der Waals surface area (Å²) in [4.78, 5) is 8.49. The minimum Gasteiger partial charge on any atom is -0.477 e. The molecule has 108 valence electrons. The van der Waals surface area contributed by atoms with Gasteiger partial charge in [-0.25, -0.2) is 9.97 Å². The summed E-state index contributed by atoms with van der Waals surface area (Å²) >= 11 is 0. The first-order chi connectivity index (χ1) is 10.2. The van der Waals surface area contributed by atoms with Crippen molar-refractivity contribution in [1.82, 2.24) is 9.97 Å². The van der Waals surface area contributed by atoms with Gasteiger partial charge in [0.15, 0.2) is 5.76 Å². The van der Waals surface area contributed by atoms with E-state index in [1.807, 2.05) is 13.0 Å². The smallest absolute Gasteiger partial charge is 0.263 e. The number of pyridine rings is 1. The Morgan fingerprint density at radius 3 is 2.90 bits per heavy atom. The van der Waals surface area contributed by atoms with Crippen molar-refractivity contribution in [2.75, 3.05) is 12.3 Å². The molecule has 0 fully saturated rings. The lowest BCUT2D eigenvalue weighted by Gasteiger charge is -2.03. The molecule has 0 amide bonds. The maximum atomic E-state index is 5.58. The highest BCUT2D eigenvalue weighted by Gasteiger charge is 2.13. The highest BCUT2D eigenvalue weighted by molar-refractivity contribution is 5.44. The third kappa shape index (κ3) is 3.05. The quantitative estimate of drug-likeness (QED) is 0.775. The van der Waals surface area contributed by atoms with Crippen molar-refractivity contribution >= 4 is 5.69 Å². The minimum absolute atomic E-state index is 0.460.